The van der Waals surface area contributed by atoms with E-state index in [1.807, 2.05) is 0 Å². The maximum absolute atomic E-state index is 11.7. The lowest BCUT2D eigenvalue weighted by Gasteiger charge is -2.23. The molecule has 0 bridgehead atoms. The quantitative estimate of drug-likeness (QED) is 0.526. The number of fused-ring (bicyclic) bond motifs is 1. The number of aromatic nitrogens is 4. The Kier molecular flexibility index (Phi) is 5.40. The third-order valence-electron chi connectivity index (χ3n) is 4.00. The predicted molar refractivity (Wildman–Crippen MR) is 91.4 cm³/mol. The van der Waals surface area contributed by atoms with Gasteiger partial charge in [0.1, 0.15) is 24.6 Å². The molecule has 150 valence electrons. The highest BCUT2D eigenvalue weighted by molar-refractivity contribution is 5.81. The van der Waals surface area contributed by atoms with E-state index in [-0.39, 0.29) is 12.4 Å². The number of carbonyl (C=O) groups is 3. The van der Waals surface area contributed by atoms with Gasteiger partial charge in [-0.15, -0.1) is 0 Å². The zero-order valence-corrected chi connectivity index (χ0v) is 15.4. The van der Waals surface area contributed by atoms with Crippen molar-refractivity contribution in [2.24, 2.45) is 0 Å². The Bertz CT molecular complexity index is 914. The van der Waals surface area contributed by atoms with E-state index in [0.717, 1.165) is 0 Å². The van der Waals surface area contributed by atoms with Crippen LogP contribution in [0, 0.1) is 0 Å². The number of esters is 3. The molecule has 12 nitrogen and oxygen atoms in total. The third-order valence-corrected chi connectivity index (χ3v) is 4.00. The van der Waals surface area contributed by atoms with Crippen LogP contribution >= 0.6 is 0 Å². The maximum atomic E-state index is 11.7. The van der Waals surface area contributed by atoms with Crippen molar-refractivity contribution in [1.82, 2.24) is 19.5 Å². The molecule has 0 saturated carbocycles. The summed E-state index contributed by atoms with van der Waals surface area (Å²) in [6.45, 7) is 3.46. The zero-order chi connectivity index (χ0) is 20.4. The van der Waals surface area contributed by atoms with E-state index in [9.17, 15) is 14.4 Å². The van der Waals surface area contributed by atoms with Gasteiger partial charge in [-0.25, -0.2) is 15.0 Å². The van der Waals surface area contributed by atoms with Crippen LogP contribution in [0.4, 0.5) is 5.82 Å². The minimum atomic E-state index is -1.03. The zero-order valence-electron chi connectivity index (χ0n) is 15.4. The molecular weight excluding hydrogens is 374 g/mol. The first-order valence-electron chi connectivity index (χ1n) is 8.34. The molecule has 1 saturated heterocycles. The summed E-state index contributed by atoms with van der Waals surface area (Å²) >= 11 is 0. The number of nitrogens with two attached hydrogens (primary N) is 1. The van der Waals surface area contributed by atoms with Crippen LogP contribution < -0.4 is 5.73 Å². The summed E-state index contributed by atoms with van der Waals surface area (Å²) in [5.74, 6) is -1.59. The van der Waals surface area contributed by atoms with Crippen molar-refractivity contribution < 1.29 is 33.3 Å². The Morgan fingerprint density at radius 2 is 1.75 bits per heavy atom. The number of nitrogens with zero attached hydrogens (tertiary/aromatic N) is 4. The van der Waals surface area contributed by atoms with E-state index < -0.39 is 42.4 Å². The molecule has 2 aromatic heterocycles. The van der Waals surface area contributed by atoms with E-state index in [2.05, 4.69) is 15.0 Å². The van der Waals surface area contributed by atoms with Crippen LogP contribution in [-0.2, 0) is 33.3 Å². The second-order valence-corrected chi connectivity index (χ2v) is 6.10. The van der Waals surface area contributed by atoms with Gasteiger partial charge in [0.2, 0.25) is 0 Å². The molecule has 0 unspecified atom stereocenters. The van der Waals surface area contributed by atoms with E-state index in [0.29, 0.717) is 11.2 Å². The van der Waals surface area contributed by atoms with E-state index in [1.165, 1.54) is 38.0 Å². The van der Waals surface area contributed by atoms with Gasteiger partial charge in [0.05, 0.1) is 6.33 Å². The molecule has 3 heterocycles. The first-order chi connectivity index (χ1) is 13.3. The smallest absolute Gasteiger partial charge is 0.303 e. The number of anilines is 1. The molecule has 3 rings (SSSR count). The molecule has 0 aromatic carbocycles. The summed E-state index contributed by atoms with van der Waals surface area (Å²) in [6, 6.07) is 0. The van der Waals surface area contributed by atoms with Crippen molar-refractivity contribution in [3.05, 3.63) is 12.7 Å². The molecule has 0 aliphatic carbocycles. The van der Waals surface area contributed by atoms with Crippen molar-refractivity contribution >= 4 is 34.9 Å². The highest BCUT2D eigenvalue weighted by Crippen LogP contribution is 2.36. The summed E-state index contributed by atoms with van der Waals surface area (Å²) in [5, 5.41) is 0. The second kappa shape index (κ2) is 7.76. The SMILES string of the molecule is CC(=O)OC[C@H]1O[C@H](n2cnc3c(N)ncnc32)[C@H](OC(C)=O)[C@H]1OC(C)=O. The topological polar surface area (TPSA) is 158 Å². The Morgan fingerprint density at radius 1 is 1.07 bits per heavy atom. The van der Waals surface area contributed by atoms with Crippen LogP contribution in [0.5, 0.6) is 0 Å². The number of carbonyl (C=O) groups excluding carboxylic acids is 3. The fraction of sp³-hybridized carbons (Fsp3) is 0.500. The number of rotatable bonds is 5. The lowest BCUT2D eigenvalue weighted by atomic mass is 10.1. The lowest BCUT2D eigenvalue weighted by Crippen LogP contribution is -2.40. The highest BCUT2D eigenvalue weighted by atomic mass is 16.7. The average Bonchev–Trinajstić information content (AvgIpc) is 3.16. The minimum absolute atomic E-state index is 0.166. The number of hydrogen-bond donors (Lipinski definition) is 1. The Hall–Kier alpha value is -3.28. The molecule has 2 N–H and O–H groups in total. The minimum Gasteiger partial charge on any atom is -0.463 e. The molecule has 0 radical (unpaired) electrons. The van der Waals surface area contributed by atoms with E-state index >= 15 is 0 Å². The van der Waals surface area contributed by atoms with Crippen molar-refractivity contribution in [1.29, 1.82) is 0 Å². The average molecular weight is 393 g/mol. The van der Waals surface area contributed by atoms with Crippen molar-refractivity contribution in [2.45, 2.75) is 45.3 Å². The fourth-order valence-corrected chi connectivity index (χ4v) is 2.97. The van der Waals surface area contributed by atoms with Crippen LogP contribution in [0.2, 0.25) is 0 Å². The summed E-state index contributed by atoms with van der Waals surface area (Å²) in [7, 11) is 0. The highest BCUT2D eigenvalue weighted by Gasteiger charge is 2.51. The van der Waals surface area contributed by atoms with Gasteiger partial charge < -0.3 is 24.7 Å². The third kappa shape index (κ3) is 3.86. The molecule has 4 atom stereocenters. The standard InChI is InChI=1S/C16H19N5O7/c1-7(22)25-4-10-12(26-8(2)23)13(27-9(3)24)16(28-10)21-6-20-11-14(17)18-5-19-15(11)21/h5-6,10,12-13,16H,4H2,1-3H3,(H2,17,18,19)/t10-,12+,13-,16+/m1/s1. The monoisotopic (exact) mass is 393 g/mol. The van der Waals surface area contributed by atoms with Gasteiger partial charge in [-0.3, -0.25) is 19.0 Å². The first-order valence-corrected chi connectivity index (χ1v) is 8.34. The number of ether oxygens (including phenoxy) is 4. The summed E-state index contributed by atoms with van der Waals surface area (Å²) in [5.41, 5.74) is 6.48. The van der Waals surface area contributed by atoms with Gasteiger partial charge in [0.15, 0.2) is 29.9 Å². The Morgan fingerprint density at radius 3 is 2.39 bits per heavy atom. The molecule has 28 heavy (non-hydrogen) atoms. The van der Waals surface area contributed by atoms with Gasteiger partial charge in [0, 0.05) is 20.8 Å². The molecular formula is C16H19N5O7. The van der Waals surface area contributed by atoms with Crippen molar-refractivity contribution in [2.75, 3.05) is 12.3 Å². The fourth-order valence-electron chi connectivity index (χ4n) is 2.97. The maximum Gasteiger partial charge on any atom is 0.303 e. The van der Waals surface area contributed by atoms with Gasteiger partial charge in [-0.05, 0) is 0 Å². The molecule has 0 amide bonds. The van der Waals surface area contributed by atoms with Crippen LogP contribution in [0.1, 0.15) is 27.0 Å². The van der Waals surface area contributed by atoms with Crippen LogP contribution in [0.25, 0.3) is 11.2 Å². The van der Waals surface area contributed by atoms with Crippen LogP contribution in [0.3, 0.4) is 0 Å². The Labute approximate surface area is 158 Å². The number of nitrogen functional groups attached to an aromatic ring is 1. The lowest BCUT2D eigenvalue weighted by molar-refractivity contribution is -0.166. The summed E-state index contributed by atoms with van der Waals surface area (Å²) in [6.07, 6.45) is -1.22. The Balaban J connectivity index is 2.01. The van der Waals surface area contributed by atoms with Crippen molar-refractivity contribution in [3.63, 3.8) is 0 Å². The van der Waals surface area contributed by atoms with Gasteiger partial charge >= 0.3 is 17.9 Å². The molecule has 2 aromatic rings. The van der Waals surface area contributed by atoms with Gasteiger partial charge in [-0.1, -0.05) is 0 Å². The number of hydrogen-bond acceptors (Lipinski definition) is 11. The van der Waals surface area contributed by atoms with E-state index in [1.54, 1.807) is 0 Å². The normalized spacial score (nSPS) is 24.1. The van der Waals surface area contributed by atoms with Gasteiger partial charge in [0.25, 0.3) is 0 Å². The predicted octanol–water partition coefficient (Wildman–Crippen LogP) is -0.268. The largest absolute Gasteiger partial charge is 0.463 e. The summed E-state index contributed by atoms with van der Waals surface area (Å²) < 4.78 is 23.1. The molecule has 0 spiro atoms. The molecule has 1 aliphatic rings. The van der Waals surface area contributed by atoms with Crippen LogP contribution in [0.15, 0.2) is 12.7 Å². The molecule has 1 fully saturated rings. The second-order valence-electron chi connectivity index (χ2n) is 6.10. The van der Waals surface area contributed by atoms with E-state index in [4.69, 9.17) is 24.7 Å². The number of imidazole rings is 1. The summed E-state index contributed by atoms with van der Waals surface area (Å²) in [4.78, 5) is 46.6. The van der Waals surface area contributed by atoms with Gasteiger partial charge in [-0.2, -0.15) is 0 Å². The molecule has 12 heteroatoms. The van der Waals surface area contributed by atoms with Crippen molar-refractivity contribution in [3.8, 4) is 0 Å². The van der Waals surface area contributed by atoms with Crippen LogP contribution in [-0.4, -0.2) is 62.3 Å². The first kappa shape index (κ1) is 19.5. The molecule has 1 aliphatic heterocycles.